The van der Waals surface area contributed by atoms with Crippen molar-refractivity contribution in [2.24, 2.45) is 5.84 Å². The highest BCUT2D eigenvalue weighted by Gasteiger charge is 2.17. The van der Waals surface area contributed by atoms with Crippen molar-refractivity contribution >= 4 is 5.82 Å². The van der Waals surface area contributed by atoms with Gasteiger partial charge in [0, 0.05) is 44.5 Å². The van der Waals surface area contributed by atoms with Crippen LogP contribution in [0.1, 0.15) is 18.9 Å². The fraction of sp³-hybridized carbons (Fsp3) is 0.615. The topological polar surface area (TPSA) is 57.4 Å². The summed E-state index contributed by atoms with van der Waals surface area (Å²) >= 11 is 0. The summed E-state index contributed by atoms with van der Waals surface area (Å²) in [5, 5.41) is 0. The third-order valence-corrected chi connectivity index (χ3v) is 3.43. The van der Waals surface area contributed by atoms with Crippen LogP contribution in [0.2, 0.25) is 0 Å². The Labute approximate surface area is 109 Å². The average Bonchev–Trinajstić information content (AvgIpc) is 2.42. The van der Waals surface area contributed by atoms with Crippen LogP contribution < -0.4 is 11.3 Å². The maximum atomic E-state index is 5.48. The van der Waals surface area contributed by atoms with Gasteiger partial charge >= 0.3 is 0 Å². The Morgan fingerprint density at radius 1 is 1.28 bits per heavy atom. The molecule has 1 aromatic heterocycles. The molecule has 0 atom stereocenters. The van der Waals surface area contributed by atoms with E-state index in [0.29, 0.717) is 0 Å². The van der Waals surface area contributed by atoms with Crippen molar-refractivity contribution in [2.45, 2.75) is 19.9 Å². The summed E-state index contributed by atoms with van der Waals surface area (Å²) in [6, 6.07) is 4.05. The van der Waals surface area contributed by atoms with Crippen LogP contribution in [0, 0.1) is 0 Å². The molecule has 1 aromatic rings. The molecular formula is C13H23N5. The molecule has 1 saturated heterocycles. The van der Waals surface area contributed by atoms with E-state index in [0.717, 1.165) is 25.5 Å². The second-order valence-corrected chi connectivity index (χ2v) is 4.77. The number of anilines is 1. The molecule has 1 aliphatic rings. The molecule has 0 saturated carbocycles. The van der Waals surface area contributed by atoms with E-state index < -0.39 is 0 Å². The van der Waals surface area contributed by atoms with E-state index in [4.69, 9.17) is 5.84 Å². The summed E-state index contributed by atoms with van der Waals surface area (Å²) in [7, 11) is 0. The number of piperazine rings is 1. The van der Waals surface area contributed by atoms with Crippen LogP contribution >= 0.6 is 0 Å². The lowest BCUT2D eigenvalue weighted by molar-refractivity contribution is 0.127. The smallest absolute Gasteiger partial charge is 0.144 e. The molecule has 0 aliphatic carbocycles. The molecule has 0 aromatic carbocycles. The lowest BCUT2D eigenvalue weighted by Crippen LogP contribution is -2.46. The normalized spacial score (nSPS) is 17.9. The first kappa shape index (κ1) is 13.3. The zero-order chi connectivity index (χ0) is 12.8. The first-order valence-corrected chi connectivity index (χ1v) is 6.68. The van der Waals surface area contributed by atoms with Gasteiger partial charge in [0.05, 0.1) is 0 Å². The van der Waals surface area contributed by atoms with Gasteiger partial charge in [-0.25, -0.2) is 10.8 Å². The number of nitrogens with two attached hydrogens (primary N) is 1. The molecule has 3 N–H and O–H groups in total. The van der Waals surface area contributed by atoms with E-state index in [1.807, 2.05) is 6.07 Å². The lowest BCUT2D eigenvalue weighted by atomic mass is 10.2. The van der Waals surface area contributed by atoms with E-state index in [2.05, 4.69) is 33.2 Å². The fourth-order valence-electron chi connectivity index (χ4n) is 2.42. The molecule has 0 radical (unpaired) electrons. The predicted molar refractivity (Wildman–Crippen MR) is 74.1 cm³/mol. The van der Waals surface area contributed by atoms with Crippen LogP contribution in [0.3, 0.4) is 0 Å². The minimum absolute atomic E-state index is 0.786. The number of hydrogen-bond acceptors (Lipinski definition) is 5. The molecule has 18 heavy (non-hydrogen) atoms. The molecule has 2 heterocycles. The van der Waals surface area contributed by atoms with Crippen LogP contribution in [-0.2, 0) is 6.54 Å². The highest BCUT2D eigenvalue weighted by molar-refractivity contribution is 5.42. The summed E-state index contributed by atoms with van der Waals surface area (Å²) in [4.78, 5) is 9.23. The van der Waals surface area contributed by atoms with Crippen LogP contribution in [0.5, 0.6) is 0 Å². The Morgan fingerprint density at radius 3 is 2.67 bits per heavy atom. The van der Waals surface area contributed by atoms with Crippen molar-refractivity contribution in [3.8, 4) is 0 Å². The van der Waals surface area contributed by atoms with Crippen LogP contribution in [0.4, 0.5) is 5.82 Å². The van der Waals surface area contributed by atoms with Crippen LogP contribution in [0.25, 0.3) is 0 Å². The van der Waals surface area contributed by atoms with E-state index in [9.17, 15) is 0 Å². The monoisotopic (exact) mass is 249 g/mol. The summed E-state index contributed by atoms with van der Waals surface area (Å²) < 4.78 is 0. The first-order valence-electron chi connectivity index (χ1n) is 6.68. The largest absolute Gasteiger partial charge is 0.308 e. The minimum atomic E-state index is 0.786. The van der Waals surface area contributed by atoms with Gasteiger partial charge in [0.1, 0.15) is 5.82 Å². The molecule has 0 bridgehead atoms. The van der Waals surface area contributed by atoms with Gasteiger partial charge in [-0.15, -0.1) is 0 Å². The van der Waals surface area contributed by atoms with Gasteiger partial charge in [-0.1, -0.05) is 13.0 Å². The number of rotatable bonds is 5. The summed E-state index contributed by atoms with van der Waals surface area (Å²) in [6.07, 6.45) is 3.00. The van der Waals surface area contributed by atoms with E-state index in [-0.39, 0.29) is 0 Å². The van der Waals surface area contributed by atoms with Gasteiger partial charge in [-0.05, 0) is 19.0 Å². The summed E-state index contributed by atoms with van der Waals surface area (Å²) in [5.41, 5.74) is 3.84. The summed E-state index contributed by atoms with van der Waals surface area (Å²) in [6.45, 7) is 8.96. The van der Waals surface area contributed by atoms with E-state index >= 15 is 0 Å². The SMILES string of the molecule is CCCN1CCN(Cc2cccnc2NN)CC1. The Hall–Kier alpha value is -1.17. The summed E-state index contributed by atoms with van der Waals surface area (Å²) in [5.74, 6) is 6.26. The first-order chi connectivity index (χ1) is 8.83. The van der Waals surface area contributed by atoms with Crippen molar-refractivity contribution in [3.05, 3.63) is 23.9 Å². The molecule has 100 valence electrons. The molecule has 1 fully saturated rings. The molecule has 0 unspecified atom stereocenters. The predicted octanol–water partition coefficient (Wildman–Crippen LogP) is 0.895. The Morgan fingerprint density at radius 2 is 2.00 bits per heavy atom. The Kier molecular flexibility index (Phi) is 4.92. The van der Waals surface area contributed by atoms with Gasteiger partial charge in [0.15, 0.2) is 0 Å². The van der Waals surface area contributed by atoms with Gasteiger partial charge in [0.25, 0.3) is 0 Å². The number of hydrogen-bond donors (Lipinski definition) is 2. The Bertz CT molecular complexity index is 360. The van der Waals surface area contributed by atoms with Crippen molar-refractivity contribution < 1.29 is 0 Å². The number of nitrogens with one attached hydrogen (secondary N) is 1. The number of hydrazine groups is 1. The third kappa shape index (κ3) is 3.41. The molecule has 5 heteroatoms. The van der Waals surface area contributed by atoms with Crippen molar-refractivity contribution in [2.75, 3.05) is 38.1 Å². The number of aromatic nitrogens is 1. The maximum absolute atomic E-state index is 5.48. The van der Waals surface area contributed by atoms with Gasteiger partial charge in [-0.2, -0.15) is 0 Å². The molecule has 0 spiro atoms. The maximum Gasteiger partial charge on any atom is 0.144 e. The average molecular weight is 249 g/mol. The van der Waals surface area contributed by atoms with Crippen molar-refractivity contribution in [1.29, 1.82) is 0 Å². The van der Waals surface area contributed by atoms with Gasteiger partial charge in [0.2, 0.25) is 0 Å². The number of pyridine rings is 1. The quantitative estimate of drug-likeness (QED) is 0.600. The molecular weight excluding hydrogens is 226 g/mol. The van der Waals surface area contributed by atoms with Gasteiger partial charge in [-0.3, -0.25) is 4.90 Å². The zero-order valence-corrected chi connectivity index (χ0v) is 11.1. The zero-order valence-electron chi connectivity index (χ0n) is 11.1. The number of nitrogens with zero attached hydrogens (tertiary/aromatic N) is 3. The molecule has 5 nitrogen and oxygen atoms in total. The molecule has 0 amide bonds. The van der Waals surface area contributed by atoms with Crippen LogP contribution in [0.15, 0.2) is 18.3 Å². The Balaban J connectivity index is 1.87. The van der Waals surface area contributed by atoms with Gasteiger partial charge < -0.3 is 10.3 Å². The third-order valence-electron chi connectivity index (χ3n) is 3.43. The second-order valence-electron chi connectivity index (χ2n) is 4.77. The fourth-order valence-corrected chi connectivity index (χ4v) is 2.42. The van der Waals surface area contributed by atoms with Crippen molar-refractivity contribution in [1.82, 2.24) is 14.8 Å². The minimum Gasteiger partial charge on any atom is -0.308 e. The van der Waals surface area contributed by atoms with Crippen molar-refractivity contribution in [3.63, 3.8) is 0 Å². The highest BCUT2D eigenvalue weighted by atomic mass is 15.3. The highest BCUT2D eigenvalue weighted by Crippen LogP contribution is 2.14. The second kappa shape index (κ2) is 6.68. The number of nitrogen functional groups attached to an aromatic ring is 1. The molecule has 2 rings (SSSR count). The van der Waals surface area contributed by atoms with E-state index in [1.165, 1.54) is 31.6 Å². The lowest BCUT2D eigenvalue weighted by Gasteiger charge is -2.34. The van der Waals surface area contributed by atoms with E-state index in [1.54, 1.807) is 6.20 Å². The molecule has 1 aliphatic heterocycles. The van der Waals surface area contributed by atoms with Crippen LogP contribution in [-0.4, -0.2) is 47.5 Å². The standard InChI is InChI=1S/C13H23N5/c1-2-6-17-7-9-18(10-8-17)11-12-4-3-5-15-13(12)16-14/h3-5H,2,6-11,14H2,1H3,(H,15,16).